The van der Waals surface area contributed by atoms with Crippen molar-refractivity contribution < 1.29 is 14.7 Å². The molecule has 1 saturated heterocycles. The van der Waals surface area contributed by atoms with Crippen molar-refractivity contribution in [1.82, 2.24) is 15.7 Å². The summed E-state index contributed by atoms with van der Waals surface area (Å²) in [6.45, 7) is 4.75. The molecule has 1 heterocycles. The van der Waals surface area contributed by atoms with Gasteiger partial charge >= 0.3 is 0 Å². The first kappa shape index (κ1) is 26.4. The highest BCUT2D eigenvalue weighted by molar-refractivity contribution is 5.93. The second kappa shape index (κ2) is 13.1. The largest absolute Gasteiger partial charge is 0.489 e. The summed E-state index contributed by atoms with van der Waals surface area (Å²) in [5.74, 6) is 1.24. The Bertz CT molecular complexity index is 1230. The minimum absolute atomic E-state index is 0.417. The van der Waals surface area contributed by atoms with E-state index >= 15 is 0 Å². The van der Waals surface area contributed by atoms with Crippen molar-refractivity contribution in [3.63, 3.8) is 0 Å². The summed E-state index contributed by atoms with van der Waals surface area (Å²) in [5.41, 5.74) is 4.23. The van der Waals surface area contributed by atoms with E-state index < -0.39 is 5.91 Å². The van der Waals surface area contributed by atoms with Gasteiger partial charge in [0.2, 0.25) is 0 Å². The smallest absolute Gasteiger partial charge is 0.274 e. The van der Waals surface area contributed by atoms with Crippen LogP contribution in [0.2, 0.25) is 0 Å². The number of hydroxylamine groups is 1. The Morgan fingerprint density at radius 3 is 2.58 bits per heavy atom. The number of rotatable bonds is 10. The molecule has 0 spiro atoms. The highest BCUT2D eigenvalue weighted by atomic mass is 16.5. The van der Waals surface area contributed by atoms with Crippen LogP contribution in [-0.2, 0) is 0 Å². The Balaban J connectivity index is 1.25. The molecule has 3 aromatic rings. The molecule has 5 rings (SSSR count). The monoisotopic (exact) mass is 513 g/mol. The first-order valence-corrected chi connectivity index (χ1v) is 14.0. The Labute approximate surface area is 225 Å². The van der Waals surface area contributed by atoms with E-state index in [4.69, 9.17) is 9.94 Å². The minimum Gasteiger partial charge on any atom is -0.489 e. The minimum atomic E-state index is -0.513. The van der Waals surface area contributed by atoms with E-state index in [0.29, 0.717) is 18.2 Å². The summed E-state index contributed by atoms with van der Waals surface area (Å²) >= 11 is 0. The number of fused-ring (bicyclic) bond motifs is 1. The fourth-order valence-electron chi connectivity index (χ4n) is 5.84. The third-order valence-corrected chi connectivity index (χ3v) is 7.94. The van der Waals surface area contributed by atoms with E-state index in [2.05, 4.69) is 34.5 Å². The van der Waals surface area contributed by atoms with E-state index in [9.17, 15) is 4.79 Å². The molecule has 1 aliphatic carbocycles. The third-order valence-electron chi connectivity index (χ3n) is 7.94. The van der Waals surface area contributed by atoms with Gasteiger partial charge in [-0.3, -0.25) is 10.0 Å². The molecule has 0 radical (unpaired) electrons. The molecule has 6 nitrogen and oxygen atoms in total. The van der Waals surface area contributed by atoms with Gasteiger partial charge in [-0.1, -0.05) is 73.9 Å². The summed E-state index contributed by atoms with van der Waals surface area (Å²) in [4.78, 5) is 14.4. The summed E-state index contributed by atoms with van der Waals surface area (Å²) in [6.07, 6.45) is 10.3. The van der Waals surface area contributed by atoms with Gasteiger partial charge in [-0.15, -0.1) is 0 Å². The Hall–Kier alpha value is -3.19. The van der Waals surface area contributed by atoms with Crippen molar-refractivity contribution in [1.29, 1.82) is 0 Å². The Morgan fingerprint density at radius 1 is 0.974 bits per heavy atom. The number of amides is 1. The zero-order chi connectivity index (χ0) is 26.2. The standard InChI is InChI=1S/C32H39N3O3/c36-32(34-37)28-15-13-24(14-16-28)19-26(23-38-31-12-6-10-27-9-4-5-11-30(27)31)20-33-29-17-18-35(22-29)21-25-7-2-1-3-8-25/h4-6,9-16,19,25,29,33,37H,1-3,7-8,17-18,20-23H2,(H,34,36)/b26-19-. The molecule has 2 fully saturated rings. The van der Waals surface area contributed by atoms with Crippen LogP contribution >= 0.6 is 0 Å². The van der Waals surface area contributed by atoms with E-state index in [-0.39, 0.29) is 0 Å². The van der Waals surface area contributed by atoms with Crippen LogP contribution in [0.25, 0.3) is 16.8 Å². The second-order valence-electron chi connectivity index (χ2n) is 10.8. The first-order chi connectivity index (χ1) is 18.7. The molecule has 1 amide bonds. The second-order valence-corrected chi connectivity index (χ2v) is 10.8. The molecule has 2 aliphatic rings. The maximum Gasteiger partial charge on any atom is 0.274 e. The lowest BCUT2D eigenvalue weighted by Crippen LogP contribution is -2.36. The molecule has 1 atom stereocenters. The fraction of sp³-hybridized carbons (Fsp3) is 0.406. The number of benzene rings is 3. The van der Waals surface area contributed by atoms with Gasteiger partial charge in [-0.05, 0) is 66.4 Å². The van der Waals surface area contributed by atoms with Crippen LogP contribution in [0.1, 0.15) is 54.4 Å². The van der Waals surface area contributed by atoms with Gasteiger partial charge in [-0.2, -0.15) is 0 Å². The molecular weight excluding hydrogens is 474 g/mol. The normalized spacial score (nSPS) is 19.1. The average Bonchev–Trinajstić information content (AvgIpc) is 3.42. The molecular formula is C32H39N3O3. The Morgan fingerprint density at radius 2 is 1.76 bits per heavy atom. The van der Waals surface area contributed by atoms with Crippen LogP contribution in [0.4, 0.5) is 0 Å². The van der Waals surface area contributed by atoms with E-state index in [1.54, 1.807) is 17.6 Å². The van der Waals surface area contributed by atoms with Crippen molar-refractivity contribution in [2.75, 3.05) is 32.8 Å². The summed E-state index contributed by atoms with van der Waals surface area (Å²) in [6, 6.07) is 22.1. The van der Waals surface area contributed by atoms with Crippen molar-refractivity contribution in [3.8, 4) is 5.75 Å². The molecule has 1 unspecified atom stereocenters. The summed E-state index contributed by atoms with van der Waals surface area (Å²) in [7, 11) is 0. The topological polar surface area (TPSA) is 73.8 Å². The fourth-order valence-corrected chi connectivity index (χ4v) is 5.84. The lowest BCUT2D eigenvalue weighted by molar-refractivity contribution is 0.0706. The van der Waals surface area contributed by atoms with Gasteiger partial charge in [0, 0.05) is 36.6 Å². The van der Waals surface area contributed by atoms with Crippen LogP contribution in [0, 0.1) is 5.92 Å². The van der Waals surface area contributed by atoms with Gasteiger partial charge in [0.15, 0.2) is 0 Å². The zero-order valence-corrected chi connectivity index (χ0v) is 22.1. The predicted octanol–water partition coefficient (Wildman–Crippen LogP) is 5.67. The molecule has 1 aliphatic heterocycles. The van der Waals surface area contributed by atoms with Crippen molar-refractivity contribution >= 4 is 22.8 Å². The van der Waals surface area contributed by atoms with Gasteiger partial charge in [0.1, 0.15) is 12.4 Å². The third kappa shape index (κ3) is 7.01. The SMILES string of the molecule is O=C(NO)c1ccc(/C=C(/CNC2CCN(CC3CCCCC3)C2)COc2cccc3ccccc23)cc1. The lowest BCUT2D eigenvalue weighted by atomic mass is 9.89. The highest BCUT2D eigenvalue weighted by Crippen LogP contribution is 2.27. The van der Waals surface area contributed by atoms with Crippen LogP contribution in [0.3, 0.4) is 0 Å². The molecule has 6 heteroatoms. The molecule has 3 aromatic carbocycles. The van der Waals surface area contributed by atoms with Gasteiger partial charge in [0.05, 0.1) is 0 Å². The maximum absolute atomic E-state index is 11.7. The highest BCUT2D eigenvalue weighted by Gasteiger charge is 2.25. The molecule has 3 N–H and O–H groups in total. The number of carbonyl (C=O) groups excluding carboxylic acids is 1. The number of likely N-dealkylation sites (tertiary alicyclic amines) is 1. The number of ether oxygens (including phenoxy) is 1. The maximum atomic E-state index is 11.7. The molecule has 0 aromatic heterocycles. The molecule has 200 valence electrons. The average molecular weight is 514 g/mol. The number of nitrogens with one attached hydrogen (secondary N) is 2. The van der Waals surface area contributed by atoms with Crippen molar-refractivity contribution in [2.24, 2.45) is 5.92 Å². The van der Waals surface area contributed by atoms with Crippen molar-refractivity contribution in [3.05, 3.63) is 83.4 Å². The molecule has 1 saturated carbocycles. The van der Waals surface area contributed by atoms with Crippen LogP contribution in [0.15, 0.2) is 72.3 Å². The van der Waals surface area contributed by atoms with E-state index in [1.165, 1.54) is 51.6 Å². The summed E-state index contributed by atoms with van der Waals surface area (Å²) < 4.78 is 6.35. The number of hydrogen-bond acceptors (Lipinski definition) is 5. The van der Waals surface area contributed by atoms with Crippen LogP contribution < -0.4 is 15.5 Å². The summed E-state index contributed by atoms with van der Waals surface area (Å²) in [5, 5.41) is 15.0. The molecule has 0 bridgehead atoms. The molecule has 38 heavy (non-hydrogen) atoms. The van der Waals surface area contributed by atoms with Gasteiger partial charge < -0.3 is 15.0 Å². The zero-order valence-electron chi connectivity index (χ0n) is 22.1. The van der Waals surface area contributed by atoms with E-state index in [1.807, 2.05) is 36.4 Å². The van der Waals surface area contributed by atoms with Gasteiger partial charge in [0.25, 0.3) is 5.91 Å². The number of hydrogen-bond donors (Lipinski definition) is 3. The van der Waals surface area contributed by atoms with Crippen LogP contribution in [0.5, 0.6) is 5.75 Å². The first-order valence-electron chi connectivity index (χ1n) is 14.0. The number of carbonyl (C=O) groups is 1. The van der Waals surface area contributed by atoms with Gasteiger partial charge in [-0.25, -0.2) is 5.48 Å². The lowest BCUT2D eigenvalue weighted by Gasteiger charge is -2.26. The van der Waals surface area contributed by atoms with Crippen LogP contribution in [-0.4, -0.2) is 54.8 Å². The van der Waals surface area contributed by atoms with E-state index in [0.717, 1.165) is 46.7 Å². The van der Waals surface area contributed by atoms with Crippen molar-refractivity contribution in [2.45, 2.75) is 44.6 Å². The quantitative estimate of drug-likeness (QED) is 0.241. The number of nitrogens with zero attached hydrogens (tertiary/aromatic N) is 1. The predicted molar refractivity (Wildman–Crippen MR) is 153 cm³/mol. The Kier molecular flexibility index (Phi) is 9.07.